The van der Waals surface area contributed by atoms with E-state index in [2.05, 4.69) is 21.2 Å². The van der Waals surface area contributed by atoms with Gasteiger partial charge in [-0.3, -0.25) is 4.79 Å². The van der Waals surface area contributed by atoms with Crippen LogP contribution in [0.15, 0.2) is 47.1 Å². The molecule has 0 spiro atoms. The molecule has 1 aromatic carbocycles. The highest BCUT2D eigenvalue weighted by Crippen LogP contribution is 2.17. The van der Waals surface area contributed by atoms with Crippen LogP contribution in [0.25, 0.3) is 0 Å². The number of aryl methyl sites for hydroxylation is 1. The standard InChI is InChI=1S/C15H17BrN2O2/c1-18-10-4-7-13(18)14(19)8-9-17-15(20)11-5-2-3-6-12(11)16/h2-7,10,14,19H,8-9H2,1H3,(H,17,20). The van der Waals surface area contributed by atoms with Crippen molar-refractivity contribution in [2.75, 3.05) is 6.54 Å². The molecule has 1 aromatic heterocycles. The number of benzene rings is 1. The summed E-state index contributed by atoms with van der Waals surface area (Å²) in [5, 5.41) is 12.9. The monoisotopic (exact) mass is 336 g/mol. The topological polar surface area (TPSA) is 54.3 Å². The number of aliphatic hydroxyl groups is 1. The maximum Gasteiger partial charge on any atom is 0.252 e. The zero-order chi connectivity index (χ0) is 14.5. The lowest BCUT2D eigenvalue weighted by molar-refractivity contribution is 0.0940. The third kappa shape index (κ3) is 3.49. The van der Waals surface area contributed by atoms with Crippen LogP contribution in [0.1, 0.15) is 28.6 Å². The van der Waals surface area contributed by atoms with Crippen molar-refractivity contribution in [3.8, 4) is 0 Å². The van der Waals surface area contributed by atoms with Crippen LogP contribution >= 0.6 is 15.9 Å². The molecule has 2 aromatic rings. The molecular weight excluding hydrogens is 320 g/mol. The minimum atomic E-state index is -0.575. The number of carbonyl (C=O) groups excluding carboxylic acids is 1. The summed E-state index contributed by atoms with van der Waals surface area (Å²) >= 11 is 3.35. The fraction of sp³-hybridized carbons (Fsp3) is 0.267. The van der Waals surface area contributed by atoms with Crippen LogP contribution in [0.2, 0.25) is 0 Å². The van der Waals surface area contributed by atoms with E-state index in [1.807, 2.05) is 48.1 Å². The van der Waals surface area contributed by atoms with Gasteiger partial charge < -0.3 is 15.0 Å². The van der Waals surface area contributed by atoms with E-state index in [1.165, 1.54) is 0 Å². The van der Waals surface area contributed by atoms with Gasteiger partial charge in [-0.05, 0) is 46.6 Å². The predicted octanol–water partition coefficient (Wildman–Crippen LogP) is 2.64. The van der Waals surface area contributed by atoms with E-state index in [1.54, 1.807) is 6.07 Å². The van der Waals surface area contributed by atoms with Gasteiger partial charge in [0.1, 0.15) is 0 Å². The van der Waals surface area contributed by atoms with Gasteiger partial charge in [-0.25, -0.2) is 0 Å². The third-order valence-corrected chi connectivity index (χ3v) is 3.84. The first-order valence-electron chi connectivity index (χ1n) is 6.41. The second kappa shape index (κ2) is 6.72. The number of carbonyl (C=O) groups is 1. The van der Waals surface area contributed by atoms with E-state index in [9.17, 15) is 9.90 Å². The molecule has 106 valence electrons. The number of nitrogens with one attached hydrogen (secondary N) is 1. The molecule has 0 saturated heterocycles. The average molecular weight is 337 g/mol. The Morgan fingerprint density at radius 1 is 1.35 bits per heavy atom. The summed E-state index contributed by atoms with van der Waals surface area (Å²) in [6.45, 7) is 0.423. The zero-order valence-corrected chi connectivity index (χ0v) is 12.8. The summed E-state index contributed by atoms with van der Waals surface area (Å²) in [6, 6.07) is 11.0. The highest BCUT2D eigenvalue weighted by Gasteiger charge is 2.12. The number of amides is 1. The molecule has 5 heteroatoms. The molecule has 1 atom stereocenters. The smallest absolute Gasteiger partial charge is 0.252 e. The second-order valence-electron chi connectivity index (χ2n) is 4.58. The van der Waals surface area contributed by atoms with Crippen molar-refractivity contribution < 1.29 is 9.90 Å². The number of hydrogen-bond donors (Lipinski definition) is 2. The van der Waals surface area contributed by atoms with Crippen LogP contribution in [0.5, 0.6) is 0 Å². The van der Waals surface area contributed by atoms with Gasteiger partial charge in [0.05, 0.1) is 11.7 Å². The highest BCUT2D eigenvalue weighted by atomic mass is 79.9. The van der Waals surface area contributed by atoms with Crippen molar-refractivity contribution in [3.05, 3.63) is 58.3 Å². The minimum absolute atomic E-state index is 0.142. The van der Waals surface area contributed by atoms with Crippen LogP contribution < -0.4 is 5.32 Å². The van der Waals surface area contributed by atoms with Crippen LogP contribution in [0, 0.1) is 0 Å². The van der Waals surface area contributed by atoms with Crippen molar-refractivity contribution in [1.29, 1.82) is 0 Å². The lowest BCUT2D eigenvalue weighted by atomic mass is 10.1. The van der Waals surface area contributed by atoms with Crippen LogP contribution in [0.3, 0.4) is 0 Å². The molecule has 1 amide bonds. The molecule has 0 bridgehead atoms. The van der Waals surface area contributed by atoms with E-state index in [0.29, 0.717) is 18.5 Å². The van der Waals surface area contributed by atoms with E-state index in [0.717, 1.165) is 10.2 Å². The summed E-state index contributed by atoms with van der Waals surface area (Å²) in [6.07, 6.45) is 1.79. The normalized spacial score (nSPS) is 12.2. The Bertz CT molecular complexity index is 595. The fourth-order valence-corrected chi connectivity index (χ4v) is 2.50. The van der Waals surface area contributed by atoms with Gasteiger partial charge in [-0.1, -0.05) is 12.1 Å². The number of nitrogens with zero attached hydrogens (tertiary/aromatic N) is 1. The van der Waals surface area contributed by atoms with E-state index in [4.69, 9.17) is 0 Å². The molecule has 0 aliphatic rings. The van der Waals surface area contributed by atoms with Crippen LogP contribution in [0.4, 0.5) is 0 Å². The molecule has 4 nitrogen and oxygen atoms in total. The summed E-state index contributed by atoms with van der Waals surface area (Å²) < 4.78 is 2.64. The van der Waals surface area contributed by atoms with E-state index in [-0.39, 0.29) is 5.91 Å². The summed E-state index contributed by atoms with van der Waals surface area (Å²) in [4.78, 5) is 12.0. The van der Waals surface area contributed by atoms with Crippen LogP contribution in [-0.4, -0.2) is 22.1 Å². The molecule has 0 fully saturated rings. The Hall–Kier alpha value is -1.59. The van der Waals surface area contributed by atoms with Gasteiger partial charge in [-0.2, -0.15) is 0 Å². The highest BCUT2D eigenvalue weighted by molar-refractivity contribution is 9.10. The Morgan fingerprint density at radius 3 is 2.75 bits per heavy atom. The van der Waals surface area contributed by atoms with E-state index < -0.39 is 6.10 Å². The van der Waals surface area contributed by atoms with Crippen molar-refractivity contribution in [2.45, 2.75) is 12.5 Å². The molecule has 1 unspecified atom stereocenters. The predicted molar refractivity (Wildman–Crippen MR) is 81.5 cm³/mol. The van der Waals surface area contributed by atoms with Gasteiger partial charge in [0.2, 0.25) is 0 Å². The molecule has 0 aliphatic carbocycles. The SMILES string of the molecule is Cn1cccc1C(O)CCNC(=O)c1ccccc1Br. The average Bonchev–Trinajstić information content (AvgIpc) is 2.85. The summed E-state index contributed by atoms with van der Waals surface area (Å²) in [5.41, 5.74) is 1.45. The number of halogens is 1. The molecule has 1 heterocycles. The quantitative estimate of drug-likeness (QED) is 0.881. The molecule has 0 saturated carbocycles. The first kappa shape index (κ1) is 14.8. The maximum atomic E-state index is 12.0. The first-order chi connectivity index (χ1) is 9.59. The Kier molecular flexibility index (Phi) is 4.98. The maximum absolute atomic E-state index is 12.0. The largest absolute Gasteiger partial charge is 0.387 e. The molecule has 0 aliphatic heterocycles. The second-order valence-corrected chi connectivity index (χ2v) is 5.44. The number of aromatic nitrogens is 1. The lowest BCUT2D eigenvalue weighted by Crippen LogP contribution is -2.26. The molecular formula is C15H17BrN2O2. The molecule has 20 heavy (non-hydrogen) atoms. The van der Waals surface area contributed by atoms with E-state index >= 15 is 0 Å². The zero-order valence-electron chi connectivity index (χ0n) is 11.2. The Morgan fingerprint density at radius 2 is 2.10 bits per heavy atom. The van der Waals surface area contributed by atoms with Crippen LogP contribution in [-0.2, 0) is 7.05 Å². The number of aliphatic hydroxyl groups excluding tert-OH is 1. The van der Waals surface area contributed by atoms with Crippen molar-refractivity contribution in [1.82, 2.24) is 9.88 Å². The minimum Gasteiger partial charge on any atom is -0.387 e. The summed E-state index contributed by atoms with van der Waals surface area (Å²) in [5.74, 6) is -0.142. The molecule has 2 rings (SSSR count). The third-order valence-electron chi connectivity index (χ3n) is 3.15. The first-order valence-corrected chi connectivity index (χ1v) is 7.21. The summed E-state index contributed by atoms with van der Waals surface area (Å²) in [7, 11) is 1.89. The van der Waals surface area contributed by atoms with Crippen molar-refractivity contribution >= 4 is 21.8 Å². The van der Waals surface area contributed by atoms with Gasteiger partial charge in [0.25, 0.3) is 5.91 Å². The molecule has 2 N–H and O–H groups in total. The molecule has 0 radical (unpaired) electrons. The number of hydrogen-bond acceptors (Lipinski definition) is 2. The van der Waals surface area contributed by atoms with Crippen molar-refractivity contribution in [2.24, 2.45) is 7.05 Å². The fourth-order valence-electron chi connectivity index (χ4n) is 2.03. The van der Waals surface area contributed by atoms with Crippen molar-refractivity contribution in [3.63, 3.8) is 0 Å². The van der Waals surface area contributed by atoms with Gasteiger partial charge in [0.15, 0.2) is 0 Å². The van der Waals surface area contributed by atoms with Gasteiger partial charge >= 0.3 is 0 Å². The Labute approximate surface area is 126 Å². The van der Waals surface area contributed by atoms with Gasteiger partial charge in [-0.15, -0.1) is 0 Å². The lowest BCUT2D eigenvalue weighted by Gasteiger charge is -2.13. The number of rotatable bonds is 5. The van der Waals surface area contributed by atoms with Gasteiger partial charge in [0, 0.05) is 30.0 Å². The Balaban J connectivity index is 1.86.